The van der Waals surface area contributed by atoms with E-state index >= 15 is 0 Å². The van der Waals surface area contributed by atoms with Crippen molar-refractivity contribution in [3.8, 4) is 0 Å². The summed E-state index contributed by atoms with van der Waals surface area (Å²) in [7, 11) is 1.94. The normalized spacial score (nSPS) is 32.1. The Morgan fingerprint density at radius 1 is 1.40 bits per heavy atom. The van der Waals surface area contributed by atoms with Crippen LogP contribution in [0.2, 0.25) is 0 Å². The molecule has 0 aliphatic carbocycles. The first kappa shape index (κ1) is 10.6. The summed E-state index contributed by atoms with van der Waals surface area (Å²) in [4.78, 5) is 2.02. The van der Waals surface area contributed by atoms with E-state index in [1.165, 1.54) is 5.56 Å². The van der Waals surface area contributed by atoms with Crippen LogP contribution >= 0.6 is 0 Å². The number of hydrogen-bond donors (Lipinski definition) is 1. The summed E-state index contributed by atoms with van der Waals surface area (Å²) < 4.78 is 12.8. The summed E-state index contributed by atoms with van der Waals surface area (Å²) in [6, 6.07) is 9.91. The summed E-state index contributed by atoms with van der Waals surface area (Å²) in [5.41, 5.74) is 7.29. The predicted molar refractivity (Wildman–Crippen MR) is 59.6 cm³/mol. The van der Waals surface area contributed by atoms with E-state index in [0.717, 1.165) is 6.54 Å². The predicted octanol–water partition coefficient (Wildman–Crippen LogP) is 1.38. The number of halogens is 1. The second kappa shape index (κ2) is 4.29. The van der Waals surface area contributed by atoms with E-state index in [0.29, 0.717) is 0 Å². The Bertz CT molecular complexity index is 315. The summed E-state index contributed by atoms with van der Waals surface area (Å²) in [5, 5.41) is 0. The highest BCUT2D eigenvalue weighted by Crippen LogP contribution is 2.29. The average Bonchev–Trinajstić information content (AvgIpc) is 2.55. The molecule has 1 fully saturated rings. The maximum Gasteiger partial charge on any atom is 0.106 e. The van der Waals surface area contributed by atoms with Gasteiger partial charge in [-0.15, -0.1) is 0 Å². The van der Waals surface area contributed by atoms with Crippen LogP contribution in [0.15, 0.2) is 30.3 Å². The van der Waals surface area contributed by atoms with Crippen molar-refractivity contribution in [3.63, 3.8) is 0 Å². The van der Waals surface area contributed by atoms with E-state index in [4.69, 9.17) is 5.73 Å². The lowest BCUT2D eigenvalue weighted by Crippen LogP contribution is -2.40. The minimum Gasteiger partial charge on any atom is -0.326 e. The van der Waals surface area contributed by atoms with Crippen LogP contribution < -0.4 is 5.73 Å². The smallest absolute Gasteiger partial charge is 0.106 e. The first-order chi connectivity index (χ1) is 7.24. The summed E-state index contributed by atoms with van der Waals surface area (Å²) in [6.07, 6.45) is 0. The van der Waals surface area contributed by atoms with Crippen LogP contribution in [0.1, 0.15) is 11.5 Å². The van der Waals surface area contributed by atoms with Crippen molar-refractivity contribution in [2.24, 2.45) is 5.73 Å². The molecule has 0 aromatic heterocycles. The molecule has 0 spiro atoms. The summed E-state index contributed by atoms with van der Waals surface area (Å²) in [5.74, 6) is 0.261. The molecule has 0 radical (unpaired) electrons. The second-order valence-corrected chi connectivity index (χ2v) is 4.26. The number of likely N-dealkylation sites (tertiary alicyclic amines) is 1. The van der Waals surface area contributed by atoms with Gasteiger partial charge in [0, 0.05) is 18.5 Å². The van der Waals surface area contributed by atoms with Crippen molar-refractivity contribution >= 4 is 0 Å². The average molecular weight is 208 g/mol. The molecule has 3 atom stereocenters. The van der Waals surface area contributed by atoms with Crippen LogP contribution in [0.3, 0.4) is 0 Å². The Labute approximate surface area is 89.9 Å². The number of hydrogen-bond acceptors (Lipinski definition) is 2. The van der Waals surface area contributed by atoms with Crippen LogP contribution in [-0.2, 0) is 0 Å². The Balaban J connectivity index is 2.19. The minimum absolute atomic E-state index is 0.0950. The van der Waals surface area contributed by atoms with E-state index in [1.807, 2.05) is 30.1 Å². The zero-order chi connectivity index (χ0) is 10.8. The number of nitrogens with zero attached hydrogens (tertiary/aromatic N) is 1. The molecule has 1 aromatic rings. The molecule has 2 N–H and O–H groups in total. The minimum atomic E-state index is -0.360. The van der Waals surface area contributed by atoms with Gasteiger partial charge in [-0.05, 0) is 12.6 Å². The molecule has 1 aliphatic heterocycles. The largest absolute Gasteiger partial charge is 0.326 e. The van der Waals surface area contributed by atoms with Gasteiger partial charge in [0.05, 0.1) is 6.04 Å². The van der Waals surface area contributed by atoms with Gasteiger partial charge in [0.2, 0.25) is 0 Å². The quantitative estimate of drug-likeness (QED) is 0.795. The van der Waals surface area contributed by atoms with E-state index in [9.17, 15) is 4.39 Å². The molecule has 0 amide bonds. The van der Waals surface area contributed by atoms with Gasteiger partial charge in [0.1, 0.15) is 6.67 Å². The Hall–Kier alpha value is -0.930. The lowest BCUT2D eigenvalue weighted by atomic mass is 9.92. The van der Waals surface area contributed by atoms with Crippen LogP contribution in [0, 0.1) is 0 Å². The Morgan fingerprint density at radius 2 is 2.07 bits per heavy atom. The fourth-order valence-electron chi connectivity index (χ4n) is 2.38. The van der Waals surface area contributed by atoms with E-state index in [2.05, 4.69) is 12.1 Å². The van der Waals surface area contributed by atoms with Crippen molar-refractivity contribution in [3.05, 3.63) is 35.9 Å². The molecule has 1 heterocycles. The first-order valence-corrected chi connectivity index (χ1v) is 5.30. The molecular formula is C12H17FN2. The van der Waals surface area contributed by atoms with Crippen molar-refractivity contribution in [2.45, 2.75) is 18.0 Å². The standard InChI is InChI=1S/C12H17FN2/c1-15-8-10(12(14)11(15)7-13)9-5-3-2-4-6-9/h2-6,10-12H,7-8,14H2,1H3/t10-,11?,12-/m1/s1. The molecular weight excluding hydrogens is 191 g/mol. The Kier molecular flexibility index (Phi) is 3.03. The van der Waals surface area contributed by atoms with E-state index in [-0.39, 0.29) is 24.7 Å². The van der Waals surface area contributed by atoms with E-state index < -0.39 is 0 Å². The lowest BCUT2D eigenvalue weighted by molar-refractivity contribution is 0.243. The molecule has 1 unspecified atom stereocenters. The number of likely N-dealkylation sites (N-methyl/N-ethyl adjacent to an activating group) is 1. The SMILES string of the molecule is CN1C[C@H](c2ccccc2)[C@@H](N)C1CF. The van der Waals surface area contributed by atoms with Crippen molar-refractivity contribution in [1.29, 1.82) is 0 Å². The zero-order valence-corrected chi connectivity index (χ0v) is 8.94. The van der Waals surface area contributed by atoms with Gasteiger partial charge in [-0.25, -0.2) is 4.39 Å². The zero-order valence-electron chi connectivity index (χ0n) is 8.94. The molecule has 3 heteroatoms. The van der Waals surface area contributed by atoms with Crippen molar-refractivity contribution in [2.75, 3.05) is 20.3 Å². The van der Waals surface area contributed by atoms with Crippen LogP contribution in [0.5, 0.6) is 0 Å². The highest BCUT2D eigenvalue weighted by molar-refractivity contribution is 5.24. The van der Waals surface area contributed by atoms with Gasteiger partial charge in [-0.1, -0.05) is 30.3 Å². The molecule has 0 saturated carbocycles. The molecule has 2 rings (SSSR count). The van der Waals surface area contributed by atoms with Crippen LogP contribution in [-0.4, -0.2) is 37.3 Å². The highest BCUT2D eigenvalue weighted by atomic mass is 19.1. The lowest BCUT2D eigenvalue weighted by Gasteiger charge is -2.19. The molecule has 82 valence electrons. The van der Waals surface area contributed by atoms with Gasteiger partial charge in [0.25, 0.3) is 0 Å². The summed E-state index contributed by atoms with van der Waals surface area (Å²) in [6.45, 7) is 0.487. The number of nitrogens with two attached hydrogens (primary N) is 1. The van der Waals surface area contributed by atoms with Gasteiger partial charge < -0.3 is 5.73 Å². The van der Waals surface area contributed by atoms with Gasteiger partial charge in [-0.2, -0.15) is 0 Å². The molecule has 1 aromatic carbocycles. The molecule has 1 aliphatic rings. The number of alkyl halides is 1. The van der Waals surface area contributed by atoms with Crippen LogP contribution in [0.4, 0.5) is 4.39 Å². The monoisotopic (exact) mass is 208 g/mol. The topological polar surface area (TPSA) is 29.3 Å². The second-order valence-electron chi connectivity index (χ2n) is 4.26. The molecule has 0 bridgehead atoms. The van der Waals surface area contributed by atoms with Crippen LogP contribution in [0.25, 0.3) is 0 Å². The third-order valence-corrected chi connectivity index (χ3v) is 3.35. The van der Waals surface area contributed by atoms with Gasteiger partial charge in [0.15, 0.2) is 0 Å². The molecule has 15 heavy (non-hydrogen) atoms. The third kappa shape index (κ3) is 1.90. The molecule has 2 nitrogen and oxygen atoms in total. The van der Waals surface area contributed by atoms with Crippen molar-refractivity contribution < 1.29 is 4.39 Å². The third-order valence-electron chi connectivity index (χ3n) is 3.35. The van der Waals surface area contributed by atoms with Gasteiger partial charge in [-0.3, -0.25) is 4.90 Å². The van der Waals surface area contributed by atoms with E-state index in [1.54, 1.807) is 0 Å². The maximum atomic E-state index is 12.8. The molecule has 1 saturated heterocycles. The highest BCUT2D eigenvalue weighted by Gasteiger charge is 2.37. The maximum absolute atomic E-state index is 12.8. The fraction of sp³-hybridized carbons (Fsp3) is 0.500. The number of benzene rings is 1. The first-order valence-electron chi connectivity index (χ1n) is 5.30. The number of rotatable bonds is 2. The van der Waals surface area contributed by atoms with Crippen molar-refractivity contribution in [1.82, 2.24) is 4.90 Å². The summed E-state index contributed by atoms with van der Waals surface area (Å²) >= 11 is 0. The fourth-order valence-corrected chi connectivity index (χ4v) is 2.38. The van der Waals surface area contributed by atoms with Gasteiger partial charge >= 0.3 is 0 Å². The Morgan fingerprint density at radius 3 is 2.60 bits per heavy atom.